The smallest absolute Gasteiger partial charge is 0.123 e. The number of hydrogen-bond donors (Lipinski definition) is 2. The predicted molar refractivity (Wildman–Crippen MR) is 64.1 cm³/mol. The third kappa shape index (κ3) is 3.12. The van der Waals surface area contributed by atoms with E-state index in [0.29, 0.717) is 13.1 Å². The molecule has 90 valence electrons. The molecule has 0 unspecified atom stereocenters. The van der Waals surface area contributed by atoms with Crippen LogP contribution in [0, 0.1) is 6.92 Å². The molecule has 0 bridgehead atoms. The fourth-order valence-corrected chi connectivity index (χ4v) is 1.62. The van der Waals surface area contributed by atoms with Crippen LogP contribution in [0.5, 0.6) is 5.75 Å². The van der Waals surface area contributed by atoms with Crippen LogP contribution in [0.3, 0.4) is 0 Å². The maximum absolute atomic E-state index is 8.95. The van der Waals surface area contributed by atoms with Crippen molar-refractivity contribution in [3.63, 3.8) is 0 Å². The number of hydrogen-bond acceptors (Lipinski definition) is 4. The van der Waals surface area contributed by atoms with Crippen LogP contribution in [-0.2, 0) is 0 Å². The van der Waals surface area contributed by atoms with Crippen LogP contribution < -0.4 is 9.64 Å². The van der Waals surface area contributed by atoms with Gasteiger partial charge >= 0.3 is 0 Å². The van der Waals surface area contributed by atoms with Gasteiger partial charge in [-0.25, -0.2) is 0 Å². The summed E-state index contributed by atoms with van der Waals surface area (Å²) in [6.07, 6.45) is 0. The monoisotopic (exact) mass is 225 g/mol. The number of aliphatic hydroxyl groups excluding tert-OH is 2. The first-order chi connectivity index (χ1) is 7.72. The molecule has 0 spiro atoms. The zero-order valence-electron chi connectivity index (χ0n) is 9.81. The quantitative estimate of drug-likeness (QED) is 0.751. The van der Waals surface area contributed by atoms with Gasteiger partial charge in [0.25, 0.3) is 0 Å². The zero-order valence-corrected chi connectivity index (χ0v) is 9.81. The largest absolute Gasteiger partial charge is 0.496 e. The summed E-state index contributed by atoms with van der Waals surface area (Å²) in [5.41, 5.74) is 2.02. The molecule has 1 aromatic carbocycles. The predicted octanol–water partition coefficient (Wildman–Crippen LogP) is 0.795. The van der Waals surface area contributed by atoms with Crippen molar-refractivity contribution in [3.8, 4) is 5.75 Å². The average Bonchev–Trinajstić information content (AvgIpc) is 2.29. The number of ether oxygens (including phenoxy) is 1. The molecule has 0 radical (unpaired) electrons. The van der Waals surface area contributed by atoms with E-state index in [1.165, 1.54) is 0 Å². The number of aliphatic hydroxyl groups is 2. The fraction of sp³-hybridized carbons (Fsp3) is 0.500. The summed E-state index contributed by atoms with van der Waals surface area (Å²) >= 11 is 0. The molecule has 0 saturated carbocycles. The summed E-state index contributed by atoms with van der Waals surface area (Å²) in [5.74, 6) is 0.818. The first-order valence-corrected chi connectivity index (χ1v) is 5.34. The van der Waals surface area contributed by atoms with Gasteiger partial charge in [-0.2, -0.15) is 0 Å². The van der Waals surface area contributed by atoms with E-state index in [1.807, 2.05) is 30.0 Å². The minimum atomic E-state index is 0.0657. The van der Waals surface area contributed by atoms with Crippen molar-refractivity contribution in [2.45, 2.75) is 6.92 Å². The van der Waals surface area contributed by atoms with E-state index in [0.717, 1.165) is 17.0 Å². The minimum absolute atomic E-state index is 0.0657. The average molecular weight is 225 g/mol. The molecule has 4 nitrogen and oxygen atoms in total. The molecule has 0 saturated heterocycles. The molecule has 1 rings (SSSR count). The third-order valence-electron chi connectivity index (χ3n) is 2.50. The Labute approximate surface area is 96.1 Å². The van der Waals surface area contributed by atoms with Crippen LogP contribution in [0.15, 0.2) is 18.2 Å². The van der Waals surface area contributed by atoms with E-state index in [9.17, 15) is 0 Å². The molecule has 1 aromatic rings. The molecule has 0 aliphatic rings. The summed E-state index contributed by atoms with van der Waals surface area (Å²) in [6.45, 7) is 3.12. The van der Waals surface area contributed by atoms with Crippen molar-refractivity contribution >= 4 is 5.69 Å². The zero-order chi connectivity index (χ0) is 12.0. The lowest BCUT2D eigenvalue weighted by Crippen LogP contribution is -2.29. The maximum atomic E-state index is 8.95. The third-order valence-corrected chi connectivity index (χ3v) is 2.50. The summed E-state index contributed by atoms with van der Waals surface area (Å²) in [7, 11) is 1.63. The highest BCUT2D eigenvalue weighted by Crippen LogP contribution is 2.24. The Kier molecular flexibility index (Phi) is 5.08. The number of methoxy groups -OCH3 is 1. The lowest BCUT2D eigenvalue weighted by molar-refractivity contribution is 0.281. The van der Waals surface area contributed by atoms with Gasteiger partial charge in [0.15, 0.2) is 0 Å². The Morgan fingerprint density at radius 2 is 1.81 bits per heavy atom. The van der Waals surface area contributed by atoms with Crippen molar-refractivity contribution in [1.29, 1.82) is 0 Å². The molecule has 2 N–H and O–H groups in total. The van der Waals surface area contributed by atoms with Crippen molar-refractivity contribution in [2.75, 3.05) is 38.3 Å². The molecule has 0 heterocycles. The van der Waals surface area contributed by atoms with Gasteiger partial charge in [0.2, 0.25) is 0 Å². The summed E-state index contributed by atoms with van der Waals surface area (Å²) in [5, 5.41) is 17.9. The van der Waals surface area contributed by atoms with Gasteiger partial charge in [-0.15, -0.1) is 0 Å². The van der Waals surface area contributed by atoms with Gasteiger partial charge in [0, 0.05) is 24.8 Å². The van der Waals surface area contributed by atoms with E-state index < -0.39 is 0 Å². The van der Waals surface area contributed by atoms with Gasteiger partial charge in [-0.05, 0) is 18.6 Å². The van der Waals surface area contributed by atoms with Gasteiger partial charge in [-0.1, -0.05) is 6.07 Å². The van der Waals surface area contributed by atoms with Crippen LogP contribution in [0.2, 0.25) is 0 Å². The molecular formula is C12H19NO3. The summed E-state index contributed by atoms with van der Waals surface area (Å²) in [4.78, 5) is 1.92. The van der Waals surface area contributed by atoms with Gasteiger partial charge < -0.3 is 19.8 Å². The van der Waals surface area contributed by atoms with E-state index in [4.69, 9.17) is 14.9 Å². The lowest BCUT2D eigenvalue weighted by Gasteiger charge is -2.23. The van der Waals surface area contributed by atoms with Gasteiger partial charge in [-0.3, -0.25) is 0 Å². The maximum Gasteiger partial charge on any atom is 0.123 e. The first-order valence-electron chi connectivity index (χ1n) is 5.34. The SMILES string of the molecule is COc1cc(N(CCO)CCO)ccc1C. The van der Waals surface area contributed by atoms with E-state index >= 15 is 0 Å². The molecule has 0 aliphatic heterocycles. The molecule has 0 atom stereocenters. The van der Waals surface area contributed by atoms with Crippen molar-refractivity contribution < 1.29 is 14.9 Å². The van der Waals surface area contributed by atoms with E-state index in [-0.39, 0.29) is 13.2 Å². The lowest BCUT2D eigenvalue weighted by atomic mass is 10.2. The van der Waals surface area contributed by atoms with Crippen LogP contribution in [-0.4, -0.2) is 43.6 Å². The second-order valence-corrected chi connectivity index (χ2v) is 3.59. The summed E-state index contributed by atoms with van der Waals surface area (Å²) < 4.78 is 5.24. The van der Waals surface area contributed by atoms with Crippen LogP contribution >= 0.6 is 0 Å². The number of anilines is 1. The van der Waals surface area contributed by atoms with Crippen LogP contribution in [0.1, 0.15) is 5.56 Å². The molecule has 0 aromatic heterocycles. The van der Waals surface area contributed by atoms with Crippen molar-refractivity contribution in [3.05, 3.63) is 23.8 Å². The topological polar surface area (TPSA) is 52.9 Å². The normalized spacial score (nSPS) is 10.2. The molecule has 0 aliphatic carbocycles. The van der Waals surface area contributed by atoms with E-state index in [2.05, 4.69) is 0 Å². The molecule has 4 heteroatoms. The fourth-order valence-electron chi connectivity index (χ4n) is 1.62. The van der Waals surface area contributed by atoms with Crippen molar-refractivity contribution in [1.82, 2.24) is 0 Å². The Morgan fingerprint density at radius 3 is 2.31 bits per heavy atom. The highest BCUT2D eigenvalue weighted by molar-refractivity contribution is 5.53. The van der Waals surface area contributed by atoms with Crippen molar-refractivity contribution in [2.24, 2.45) is 0 Å². The van der Waals surface area contributed by atoms with Gasteiger partial charge in [0.1, 0.15) is 5.75 Å². The Bertz CT molecular complexity index is 322. The van der Waals surface area contributed by atoms with Crippen LogP contribution in [0.25, 0.3) is 0 Å². The summed E-state index contributed by atoms with van der Waals surface area (Å²) in [6, 6.07) is 5.85. The highest BCUT2D eigenvalue weighted by atomic mass is 16.5. The van der Waals surface area contributed by atoms with E-state index in [1.54, 1.807) is 7.11 Å². The molecule has 16 heavy (non-hydrogen) atoms. The first kappa shape index (κ1) is 12.8. The second-order valence-electron chi connectivity index (χ2n) is 3.59. The Hall–Kier alpha value is -1.26. The minimum Gasteiger partial charge on any atom is -0.496 e. The second kappa shape index (κ2) is 6.35. The van der Waals surface area contributed by atoms with Gasteiger partial charge in [0.05, 0.1) is 20.3 Å². The molecular weight excluding hydrogens is 206 g/mol. The highest BCUT2D eigenvalue weighted by Gasteiger charge is 2.07. The number of benzene rings is 1. The Morgan fingerprint density at radius 1 is 1.19 bits per heavy atom. The Balaban J connectivity index is 2.90. The molecule has 0 amide bonds. The van der Waals surface area contributed by atoms with Crippen LogP contribution in [0.4, 0.5) is 5.69 Å². The standard InChI is InChI=1S/C12H19NO3/c1-10-3-4-11(9-12(10)16-2)13(5-7-14)6-8-15/h3-4,9,14-15H,5-8H2,1-2H3. The number of nitrogens with zero attached hydrogens (tertiary/aromatic N) is 1. The molecule has 0 fully saturated rings. The number of rotatable bonds is 6. The number of aryl methyl sites for hydroxylation is 1.